The Hall–Kier alpha value is -3.25. The Labute approximate surface area is 214 Å². The Morgan fingerprint density at radius 1 is 0.763 bits per heavy atom. The fraction of sp³-hybridized carbons (Fsp3) is 0.240. The zero-order valence-electron chi connectivity index (χ0n) is 18.8. The molecule has 202 valence electrons. The minimum absolute atomic E-state index is 0.0113. The molecule has 3 aromatic carbocycles. The van der Waals surface area contributed by atoms with Gasteiger partial charge in [0.2, 0.25) is 0 Å². The third kappa shape index (κ3) is 4.94. The van der Waals surface area contributed by atoms with E-state index >= 15 is 0 Å². The van der Waals surface area contributed by atoms with E-state index in [1.807, 2.05) is 0 Å². The molecule has 0 aliphatic carbocycles. The molecular weight excluding hydrogens is 551 g/mol. The van der Waals surface area contributed by atoms with Gasteiger partial charge >= 0.3 is 18.5 Å². The van der Waals surface area contributed by atoms with Crippen LogP contribution in [0.3, 0.4) is 0 Å². The van der Waals surface area contributed by atoms with E-state index in [1.54, 1.807) is 0 Å². The van der Waals surface area contributed by atoms with Crippen LogP contribution in [0.4, 0.5) is 45.2 Å². The van der Waals surface area contributed by atoms with E-state index in [-0.39, 0.29) is 21.8 Å². The van der Waals surface area contributed by atoms with Gasteiger partial charge in [0.15, 0.2) is 0 Å². The van der Waals surface area contributed by atoms with Crippen LogP contribution in [0.1, 0.15) is 23.6 Å². The van der Waals surface area contributed by atoms with Crippen molar-refractivity contribution in [1.82, 2.24) is 0 Å². The number of para-hydroxylation sites is 1. The monoisotopic (exact) mass is 566 g/mol. The fourth-order valence-electron chi connectivity index (χ4n) is 4.11. The molecule has 0 amide bonds. The molecule has 3 aromatic rings. The minimum Gasteiger partial charge on any atom is -0.369 e. The van der Waals surface area contributed by atoms with E-state index in [0.29, 0.717) is 5.56 Å². The number of hydrogen-bond acceptors (Lipinski definition) is 3. The molecule has 0 fully saturated rings. The SMILES string of the molecule is OC(C1=NN(c2ccccc2Cl)C(c2ccc(-c3cccc(C(F)(F)F)c3)cc2)C1)(C(F)(F)F)C(F)(F)F. The lowest BCUT2D eigenvalue weighted by Gasteiger charge is -2.32. The van der Waals surface area contributed by atoms with Crippen molar-refractivity contribution in [3.8, 4) is 11.1 Å². The molecule has 0 saturated heterocycles. The van der Waals surface area contributed by atoms with Crippen molar-refractivity contribution in [2.24, 2.45) is 5.10 Å². The largest absolute Gasteiger partial charge is 0.431 e. The number of alkyl halides is 9. The van der Waals surface area contributed by atoms with Gasteiger partial charge in [0.25, 0.3) is 5.60 Å². The molecule has 1 aliphatic heterocycles. The number of hydrazone groups is 1. The van der Waals surface area contributed by atoms with E-state index in [0.717, 1.165) is 17.1 Å². The third-order valence-corrected chi connectivity index (χ3v) is 6.39. The first kappa shape index (κ1) is 27.8. The summed E-state index contributed by atoms with van der Waals surface area (Å²) in [5, 5.41) is 14.3. The number of rotatable bonds is 4. The van der Waals surface area contributed by atoms with Crippen LogP contribution in [-0.2, 0) is 6.18 Å². The first-order valence-electron chi connectivity index (χ1n) is 10.8. The van der Waals surface area contributed by atoms with Crippen molar-refractivity contribution in [2.45, 2.75) is 36.6 Å². The maximum Gasteiger partial charge on any atom is 0.431 e. The third-order valence-electron chi connectivity index (χ3n) is 6.07. The molecule has 3 nitrogen and oxygen atoms in total. The second-order valence-electron chi connectivity index (χ2n) is 8.47. The van der Waals surface area contributed by atoms with Crippen LogP contribution in [0.25, 0.3) is 11.1 Å². The Morgan fingerprint density at radius 2 is 1.37 bits per heavy atom. The first-order chi connectivity index (χ1) is 17.5. The lowest BCUT2D eigenvalue weighted by atomic mass is 9.89. The second-order valence-corrected chi connectivity index (χ2v) is 8.88. The summed E-state index contributed by atoms with van der Waals surface area (Å²) in [6.45, 7) is 0. The van der Waals surface area contributed by atoms with Crippen molar-refractivity contribution >= 4 is 23.0 Å². The highest BCUT2D eigenvalue weighted by Gasteiger charge is 2.74. The van der Waals surface area contributed by atoms with E-state index in [2.05, 4.69) is 5.10 Å². The van der Waals surface area contributed by atoms with Crippen LogP contribution in [0.15, 0.2) is 77.9 Å². The van der Waals surface area contributed by atoms with Gasteiger partial charge in [-0.2, -0.15) is 44.6 Å². The number of aliphatic hydroxyl groups is 1. The zero-order valence-corrected chi connectivity index (χ0v) is 19.6. The molecular formula is C25H16ClF9N2O. The maximum atomic E-state index is 13.6. The number of hydrogen-bond donors (Lipinski definition) is 1. The van der Waals surface area contributed by atoms with E-state index < -0.39 is 47.9 Å². The topological polar surface area (TPSA) is 35.8 Å². The van der Waals surface area contributed by atoms with Crippen LogP contribution < -0.4 is 5.01 Å². The van der Waals surface area contributed by atoms with Gasteiger partial charge in [-0.3, -0.25) is 5.01 Å². The molecule has 1 heterocycles. The molecule has 1 aliphatic rings. The number of anilines is 1. The van der Waals surface area contributed by atoms with E-state index in [1.165, 1.54) is 60.7 Å². The van der Waals surface area contributed by atoms with Gasteiger partial charge < -0.3 is 5.11 Å². The van der Waals surface area contributed by atoms with Crippen LogP contribution in [-0.4, -0.2) is 28.8 Å². The van der Waals surface area contributed by atoms with Gasteiger partial charge in [-0.05, 0) is 41.0 Å². The van der Waals surface area contributed by atoms with Gasteiger partial charge in [0.1, 0.15) is 0 Å². The van der Waals surface area contributed by atoms with Crippen LogP contribution >= 0.6 is 11.6 Å². The van der Waals surface area contributed by atoms with Crippen molar-refractivity contribution < 1.29 is 44.6 Å². The molecule has 0 aromatic heterocycles. The Bertz CT molecular complexity index is 1330. The second kappa shape index (κ2) is 9.49. The van der Waals surface area contributed by atoms with Crippen LogP contribution in [0.5, 0.6) is 0 Å². The molecule has 38 heavy (non-hydrogen) atoms. The van der Waals surface area contributed by atoms with Gasteiger partial charge in [-0.25, -0.2) is 0 Å². The summed E-state index contributed by atoms with van der Waals surface area (Å²) < 4.78 is 121. The van der Waals surface area contributed by atoms with Crippen molar-refractivity contribution in [3.05, 3.63) is 88.9 Å². The standard InChI is InChI=1S/C25H16ClF9N2O/c26-18-6-1-2-7-19(18)37-20(13-21(36-37)22(38,24(30,31)32)25(33,34)35)15-10-8-14(9-11-15)16-4-3-5-17(12-16)23(27,28)29/h1-12,20,38H,13H2. The Morgan fingerprint density at radius 3 is 1.92 bits per heavy atom. The Kier molecular flexibility index (Phi) is 6.94. The molecule has 0 saturated carbocycles. The molecule has 0 radical (unpaired) electrons. The molecule has 1 atom stereocenters. The normalized spacial score (nSPS) is 17.1. The average molecular weight is 567 g/mol. The molecule has 0 bridgehead atoms. The van der Waals surface area contributed by atoms with Gasteiger partial charge in [0, 0.05) is 6.42 Å². The van der Waals surface area contributed by atoms with Gasteiger partial charge in [-0.1, -0.05) is 60.1 Å². The summed E-state index contributed by atoms with van der Waals surface area (Å²) in [6, 6.07) is 14.3. The summed E-state index contributed by atoms with van der Waals surface area (Å²) in [6.07, 6.45) is -17.8. The van der Waals surface area contributed by atoms with E-state index in [9.17, 15) is 44.6 Å². The summed E-state index contributed by atoms with van der Waals surface area (Å²) >= 11 is 6.15. The van der Waals surface area contributed by atoms with Crippen molar-refractivity contribution in [1.29, 1.82) is 0 Å². The van der Waals surface area contributed by atoms with E-state index in [4.69, 9.17) is 11.6 Å². The molecule has 0 spiro atoms. The van der Waals surface area contributed by atoms with Crippen molar-refractivity contribution in [3.63, 3.8) is 0 Å². The fourth-order valence-corrected chi connectivity index (χ4v) is 4.33. The highest BCUT2D eigenvalue weighted by molar-refractivity contribution is 6.33. The lowest BCUT2D eigenvalue weighted by molar-refractivity contribution is -0.338. The first-order valence-corrected chi connectivity index (χ1v) is 11.2. The predicted molar refractivity (Wildman–Crippen MR) is 123 cm³/mol. The summed E-state index contributed by atoms with van der Waals surface area (Å²) in [7, 11) is 0. The number of halogens is 10. The summed E-state index contributed by atoms with van der Waals surface area (Å²) in [4.78, 5) is 0. The predicted octanol–water partition coefficient (Wildman–Crippen LogP) is 8.19. The molecule has 13 heteroatoms. The maximum absolute atomic E-state index is 13.6. The summed E-state index contributed by atoms with van der Waals surface area (Å²) in [5.41, 5.74) is -6.99. The average Bonchev–Trinajstić information content (AvgIpc) is 3.27. The lowest BCUT2D eigenvalue weighted by Crippen LogP contribution is -2.62. The van der Waals surface area contributed by atoms with Crippen LogP contribution in [0, 0.1) is 0 Å². The highest BCUT2D eigenvalue weighted by atomic mass is 35.5. The summed E-state index contributed by atoms with van der Waals surface area (Å²) in [5.74, 6) is 0. The smallest absolute Gasteiger partial charge is 0.369 e. The van der Waals surface area contributed by atoms with Crippen molar-refractivity contribution in [2.75, 3.05) is 5.01 Å². The highest BCUT2D eigenvalue weighted by Crippen LogP contribution is 2.49. The Balaban J connectivity index is 1.77. The van der Waals surface area contributed by atoms with Crippen LogP contribution in [0.2, 0.25) is 5.02 Å². The molecule has 1 unspecified atom stereocenters. The van der Waals surface area contributed by atoms with Gasteiger partial charge in [0.05, 0.1) is 28.0 Å². The minimum atomic E-state index is -6.13. The quantitative estimate of drug-likeness (QED) is 0.323. The molecule has 1 N–H and O–H groups in total. The zero-order chi connectivity index (χ0) is 28.1. The number of benzene rings is 3. The number of nitrogens with zero attached hydrogens (tertiary/aromatic N) is 2. The molecule has 4 rings (SSSR count). The van der Waals surface area contributed by atoms with Gasteiger partial charge in [-0.15, -0.1) is 0 Å².